The predicted molar refractivity (Wildman–Crippen MR) is 264 cm³/mol. The fourth-order valence-corrected chi connectivity index (χ4v) is 14.0. The summed E-state index contributed by atoms with van der Waals surface area (Å²) < 4.78 is 40.8. The van der Waals surface area contributed by atoms with Crippen molar-refractivity contribution in [2.24, 2.45) is 65.1 Å². The fourth-order valence-electron chi connectivity index (χ4n) is 14.0. The van der Waals surface area contributed by atoms with Crippen LogP contribution in [0.5, 0.6) is 5.75 Å². The number of alkyl halides is 3. The summed E-state index contributed by atoms with van der Waals surface area (Å²) in [5, 5.41) is 0. The van der Waals surface area contributed by atoms with E-state index in [0.29, 0.717) is 5.92 Å². The highest BCUT2D eigenvalue weighted by molar-refractivity contribution is 5.30. The molecule has 1 nitrogen and oxygen atoms in total. The molecule has 0 atom stereocenters. The second-order valence-corrected chi connectivity index (χ2v) is 22.3. The first kappa shape index (κ1) is 52.3. The van der Waals surface area contributed by atoms with Gasteiger partial charge in [-0.15, -0.1) is 26.3 Å². The Morgan fingerprint density at radius 3 is 1.14 bits per heavy atom. The fraction of sp³-hybridized carbons (Fsp3) is 0.831. The number of unbranched alkanes of at least 4 members (excludes halogenated alkanes) is 3. The van der Waals surface area contributed by atoms with Crippen molar-refractivity contribution >= 4 is 0 Å². The highest BCUT2D eigenvalue weighted by atomic mass is 19.4. The molecule has 6 fully saturated rings. The van der Waals surface area contributed by atoms with E-state index < -0.39 is 6.36 Å². The van der Waals surface area contributed by atoms with Gasteiger partial charge in [0.05, 0.1) is 0 Å². The smallest absolute Gasteiger partial charge is 0.406 e. The van der Waals surface area contributed by atoms with Crippen LogP contribution in [0.4, 0.5) is 13.2 Å². The topological polar surface area (TPSA) is 9.23 Å². The molecule has 0 amide bonds. The van der Waals surface area contributed by atoms with Gasteiger partial charge in [0.15, 0.2) is 0 Å². The largest absolute Gasteiger partial charge is 0.573 e. The third kappa shape index (κ3) is 18.5. The van der Waals surface area contributed by atoms with E-state index in [4.69, 9.17) is 0 Å². The normalized spacial score (nSPS) is 34.0. The van der Waals surface area contributed by atoms with Gasteiger partial charge in [-0.25, -0.2) is 0 Å². The average Bonchev–Trinajstić information content (AvgIpc) is 3.32. The van der Waals surface area contributed by atoms with E-state index in [-0.39, 0.29) is 5.75 Å². The van der Waals surface area contributed by atoms with Crippen LogP contribution in [-0.2, 0) is 0 Å². The Kier molecular flexibility index (Phi) is 23.6. The molecule has 63 heavy (non-hydrogen) atoms. The quantitative estimate of drug-likeness (QED) is 0.119. The van der Waals surface area contributed by atoms with E-state index in [1.54, 1.807) is 12.8 Å². The molecular weight excluding hydrogens is 782 g/mol. The number of hydrogen-bond donors (Lipinski definition) is 0. The molecule has 360 valence electrons. The molecule has 6 aliphatic rings. The van der Waals surface area contributed by atoms with Gasteiger partial charge in [0, 0.05) is 0 Å². The molecule has 0 spiro atoms. The monoisotopic (exact) mass is 879 g/mol. The van der Waals surface area contributed by atoms with Crippen LogP contribution in [0.15, 0.2) is 49.6 Å². The van der Waals surface area contributed by atoms with Crippen LogP contribution in [0.1, 0.15) is 244 Å². The third-order valence-electron chi connectivity index (χ3n) is 18.2. The number of rotatable bonds is 16. The van der Waals surface area contributed by atoms with Crippen molar-refractivity contribution in [3.05, 3.63) is 55.1 Å². The van der Waals surface area contributed by atoms with Crippen LogP contribution < -0.4 is 4.74 Å². The van der Waals surface area contributed by atoms with E-state index in [9.17, 15) is 13.2 Å². The lowest BCUT2D eigenvalue weighted by Gasteiger charge is -2.38. The summed E-state index contributed by atoms with van der Waals surface area (Å²) in [6.07, 6.45) is 47.1. The molecule has 0 N–H and O–H groups in total. The Balaban J connectivity index is 0.000000182. The van der Waals surface area contributed by atoms with E-state index in [0.717, 1.165) is 70.7 Å². The maximum absolute atomic E-state index is 12.3. The van der Waals surface area contributed by atoms with Crippen molar-refractivity contribution in [2.75, 3.05) is 0 Å². The highest BCUT2D eigenvalue weighted by Gasteiger charge is 2.34. The number of ether oxygens (including phenoxy) is 1. The van der Waals surface area contributed by atoms with Crippen molar-refractivity contribution in [3.8, 4) is 5.75 Å². The van der Waals surface area contributed by atoms with Crippen molar-refractivity contribution in [1.82, 2.24) is 0 Å². The highest BCUT2D eigenvalue weighted by Crippen LogP contribution is 2.46. The zero-order valence-corrected chi connectivity index (χ0v) is 41.2. The molecule has 4 heteroatoms. The number of benzene rings is 1. The van der Waals surface area contributed by atoms with Crippen LogP contribution >= 0.6 is 0 Å². The minimum atomic E-state index is -4.62. The number of halogens is 3. The van der Waals surface area contributed by atoms with Crippen LogP contribution in [0.25, 0.3) is 0 Å². The first-order chi connectivity index (χ1) is 30.6. The molecule has 1 aromatic rings. The Labute approximate surface area is 387 Å². The third-order valence-corrected chi connectivity index (χ3v) is 18.2. The molecule has 0 radical (unpaired) electrons. The minimum absolute atomic E-state index is 0.126. The second-order valence-electron chi connectivity index (χ2n) is 22.3. The molecule has 6 saturated carbocycles. The van der Waals surface area contributed by atoms with Gasteiger partial charge < -0.3 is 4.74 Å². The Morgan fingerprint density at radius 1 is 0.444 bits per heavy atom. The number of allylic oxidation sites excluding steroid dienone is 2. The van der Waals surface area contributed by atoms with Gasteiger partial charge >= 0.3 is 6.36 Å². The summed E-state index contributed by atoms with van der Waals surface area (Å²) in [6, 6.07) is 6.51. The van der Waals surface area contributed by atoms with Crippen molar-refractivity contribution < 1.29 is 17.9 Å². The minimum Gasteiger partial charge on any atom is -0.406 e. The van der Waals surface area contributed by atoms with Gasteiger partial charge in [-0.05, 0) is 204 Å². The maximum atomic E-state index is 12.3. The molecule has 0 heterocycles. The first-order valence-corrected chi connectivity index (χ1v) is 27.7. The van der Waals surface area contributed by atoms with Crippen LogP contribution in [0, 0.1) is 65.1 Å². The maximum Gasteiger partial charge on any atom is 0.573 e. The molecule has 0 unspecified atom stereocenters. The van der Waals surface area contributed by atoms with Crippen LogP contribution in [-0.4, -0.2) is 6.36 Å². The lowest BCUT2D eigenvalue weighted by Crippen LogP contribution is -2.25. The van der Waals surface area contributed by atoms with Gasteiger partial charge in [-0.1, -0.05) is 141 Å². The van der Waals surface area contributed by atoms with Gasteiger partial charge in [0.1, 0.15) is 5.75 Å². The van der Waals surface area contributed by atoms with Crippen molar-refractivity contribution in [2.45, 2.75) is 245 Å². The van der Waals surface area contributed by atoms with E-state index in [2.05, 4.69) is 50.8 Å². The molecule has 0 saturated heterocycles. The summed E-state index contributed by atoms with van der Waals surface area (Å²) in [5.41, 5.74) is 1.16. The zero-order chi connectivity index (χ0) is 44.9. The van der Waals surface area contributed by atoms with Gasteiger partial charge in [-0.2, -0.15) is 0 Å². The molecule has 6 aliphatic carbocycles. The SMILES string of the molecule is C=CC1CCC(C2CCC(CCCC)CC2)CC1.C=CC1CCC(C2CCC(CCCCC)CC2)CC1.CCCC1CCC(C2CCC(c3ccc(OC(F)(F)F)cc3)CC2)CC1. The van der Waals surface area contributed by atoms with Crippen LogP contribution in [0.2, 0.25) is 0 Å². The lowest BCUT2D eigenvalue weighted by atomic mass is 9.68. The molecule has 0 aliphatic heterocycles. The molecule has 1 aromatic carbocycles. The summed E-state index contributed by atoms with van der Waals surface area (Å²) in [4.78, 5) is 0. The average molecular weight is 879 g/mol. The van der Waals surface area contributed by atoms with Crippen molar-refractivity contribution in [3.63, 3.8) is 0 Å². The summed E-state index contributed by atoms with van der Waals surface area (Å²) in [6.45, 7) is 14.9. The van der Waals surface area contributed by atoms with Gasteiger partial charge in [-0.3, -0.25) is 0 Å². The van der Waals surface area contributed by atoms with Gasteiger partial charge in [0.2, 0.25) is 0 Å². The van der Waals surface area contributed by atoms with E-state index >= 15 is 0 Å². The van der Waals surface area contributed by atoms with Gasteiger partial charge in [0.25, 0.3) is 0 Å². The summed E-state index contributed by atoms with van der Waals surface area (Å²) >= 11 is 0. The lowest BCUT2D eigenvalue weighted by molar-refractivity contribution is -0.274. The summed E-state index contributed by atoms with van der Waals surface area (Å²) in [5.74, 6) is 11.2. The standard InChI is InChI=1S/C22H31F3O.C19H34.C18H32/c1-2-3-16-4-6-17(7-5-16)18-8-10-19(11-9-18)20-12-14-21(15-13-20)26-22(23,24)25;1-3-5-6-7-17-10-14-19(15-11-17)18-12-8-16(4-2)9-13-18;1-3-5-6-16-9-13-18(14-10-16)17-11-7-15(4-2)8-12-17/h12-19H,2-11H2,1H3;4,16-19H,2-3,5-15H2,1H3;4,15-18H,2-3,5-14H2,1H3. The zero-order valence-electron chi connectivity index (χ0n) is 41.2. The van der Waals surface area contributed by atoms with Crippen molar-refractivity contribution in [1.29, 1.82) is 0 Å². The molecule has 0 bridgehead atoms. The summed E-state index contributed by atoms with van der Waals surface area (Å²) in [7, 11) is 0. The molecular formula is C59H97F3O. The first-order valence-electron chi connectivity index (χ1n) is 27.7. The second kappa shape index (κ2) is 28.5. The Bertz CT molecular complexity index is 1320. The Hall–Kier alpha value is -1.71. The predicted octanol–water partition coefficient (Wildman–Crippen LogP) is 19.8. The van der Waals surface area contributed by atoms with Crippen LogP contribution in [0.3, 0.4) is 0 Å². The molecule has 7 rings (SSSR count). The Morgan fingerprint density at radius 2 is 0.794 bits per heavy atom. The molecule has 0 aromatic heterocycles. The number of hydrogen-bond acceptors (Lipinski definition) is 1. The van der Waals surface area contributed by atoms with E-state index in [1.807, 2.05) is 12.1 Å². The van der Waals surface area contributed by atoms with E-state index in [1.165, 1.54) is 211 Å².